The van der Waals surface area contributed by atoms with Crippen LogP contribution >= 0.6 is 11.6 Å². The summed E-state index contributed by atoms with van der Waals surface area (Å²) in [5, 5.41) is 8.89. The summed E-state index contributed by atoms with van der Waals surface area (Å²) >= 11 is 5.61. The van der Waals surface area contributed by atoms with Crippen molar-refractivity contribution < 1.29 is 9.90 Å². The van der Waals surface area contributed by atoms with E-state index >= 15 is 0 Å². The van der Waals surface area contributed by atoms with Gasteiger partial charge >= 0.3 is 5.97 Å². The molecule has 0 radical (unpaired) electrons. The van der Waals surface area contributed by atoms with Crippen LogP contribution in [0, 0.1) is 6.92 Å². The van der Waals surface area contributed by atoms with Crippen molar-refractivity contribution in [2.24, 2.45) is 0 Å². The number of benzene rings is 1. The van der Waals surface area contributed by atoms with Crippen molar-refractivity contribution in [3.63, 3.8) is 0 Å². The summed E-state index contributed by atoms with van der Waals surface area (Å²) in [6, 6.07) is 4.90. The molecule has 0 saturated carbocycles. The van der Waals surface area contributed by atoms with Gasteiger partial charge in [0.2, 0.25) is 0 Å². The zero-order chi connectivity index (χ0) is 10.4. The molecule has 0 aliphatic carbocycles. The van der Waals surface area contributed by atoms with Crippen LogP contribution in [0.1, 0.15) is 29.8 Å². The van der Waals surface area contributed by atoms with Crippen LogP contribution in [0.3, 0.4) is 0 Å². The van der Waals surface area contributed by atoms with E-state index in [4.69, 9.17) is 16.7 Å². The number of hydrogen-bond donors (Lipinski definition) is 1. The third-order valence-corrected chi connectivity index (χ3v) is 1.68. The van der Waals surface area contributed by atoms with Gasteiger partial charge in [-0.1, -0.05) is 37.1 Å². The van der Waals surface area contributed by atoms with E-state index in [-0.39, 0.29) is 10.6 Å². The molecule has 0 aromatic heterocycles. The second kappa shape index (κ2) is 5.60. The molecule has 72 valence electrons. The Labute approximate surface area is 83.2 Å². The van der Waals surface area contributed by atoms with Gasteiger partial charge in [0, 0.05) is 0 Å². The van der Waals surface area contributed by atoms with Gasteiger partial charge in [0.25, 0.3) is 0 Å². The smallest absolute Gasteiger partial charge is 0.337 e. The van der Waals surface area contributed by atoms with Gasteiger partial charge in [-0.05, 0) is 19.1 Å². The highest BCUT2D eigenvalue weighted by Crippen LogP contribution is 2.16. The Morgan fingerprint density at radius 2 is 1.92 bits per heavy atom. The molecular weight excluding hydrogens is 188 g/mol. The number of halogens is 1. The summed E-state index contributed by atoms with van der Waals surface area (Å²) in [5.74, 6) is -0.987. The Morgan fingerprint density at radius 3 is 2.31 bits per heavy atom. The molecule has 0 unspecified atom stereocenters. The van der Waals surface area contributed by atoms with E-state index in [9.17, 15) is 4.79 Å². The van der Waals surface area contributed by atoms with Crippen molar-refractivity contribution >= 4 is 17.6 Å². The molecule has 1 rings (SSSR count). The lowest BCUT2D eigenvalue weighted by atomic mass is 10.1. The zero-order valence-corrected chi connectivity index (χ0v) is 8.72. The fourth-order valence-electron chi connectivity index (χ4n) is 0.803. The Hall–Kier alpha value is -1.02. The molecule has 2 nitrogen and oxygen atoms in total. The average Bonchev–Trinajstić information content (AvgIpc) is 2.12. The number of aryl methyl sites for hydroxylation is 1. The lowest BCUT2D eigenvalue weighted by Gasteiger charge is -1.98. The lowest BCUT2D eigenvalue weighted by Crippen LogP contribution is -1.97. The first-order valence-corrected chi connectivity index (χ1v) is 4.48. The highest BCUT2D eigenvalue weighted by atomic mass is 35.5. The molecule has 0 amide bonds. The fourth-order valence-corrected chi connectivity index (χ4v) is 1.00. The number of rotatable bonds is 1. The first kappa shape index (κ1) is 12.0. The Morgan fingerprint density at radius 1 is 1.38 bits per heavy atom. The molecule has 1 aromatic rings. The maximum absolute atomic E-state index is 10.5. The molecule has 0 bridgehead atoms. The second-order valence-electron chi connectivity index (χ2n) is 2.29. The summed E-state index contributed by atoms with van der Waals surface area (Å²) in [5.41, 5.74) is 1.05. The molecule has 1 N–H and O–H groups in total. The van der Waals surface area contributed by atoms with Crippen molar-refractivity contribution in [1.82, 2.24) is 0 Å². The van der Waals surface area contributed by atoms with Gasteiger partial charge in [0.15, 0.2) is 0 Å². The van der Waals surface area contributed by atoms with Crippen molar-refractivity contribution in [3.8, 4) is 0 Å². The normalized spacial score (nSPS) is 8.62. The minimum absolute atomic E-state index is 0.159. The number of carboxylic acid groups (broad SMARTS) is 1. The predicted molar refractivity (Wildman–Crippen MR) is 54.5 cm³/mol. The minimum Gasteiger partial charge on any atom is -0.478 e. The van der Waals surface area contributed by atoms with Gasteiger partial charge in [-0.2, -0.15) is 0 Å². The number of aromatic carboxylic acids is 1. The maximum atomic E-state index is 10.5. The summed E-state index contributed by atoms with van der Waals surface area (Å²) in [7, 11) is 0. The van der Waals surface area contributed by atoms with Crippen LogP contribution in [-0.2, 0) is 0 Å². The molecule has 1 aromatic carbocycles. The van der Waals surface area contributed by atoms with Gasteiger partial charge in [0.05, 0.1) is 10.6 Å². The molecule has 0 spiro atoms. The van der Waals surface area contributed by atoms with Gasteiger partial charge in [-0.3, -0.25) is 0 Å². The van der Waals surface area contributed by atoms with Crippen molar-refractivity contribution in [2.45, 2.75) is 20.8 Å². The summed E-state index contributed by atoms with van der Waals surface area (Å²) in [4.78, 5) is 10.5. The molecule has 3 heteroatoms. The maximum Gasteiger partial charge on any atom is 0.337 e. The molecule has 0 fully saturated rings. The van der Waals surface area contributed by atoms with Gasteiger partial charge in [-0.25, -0.2) is 4.79 Å². The molecule has 0 atom stereocenters. The van der Waals surface area contributed by atoms with Crippen LogP contribution in [-0.4, -0.2) is 11.1 Å². The topological polar surface area (TPSA) is 37.3 Å². The SMILES string of the molecule is CC.Cc1ccc(Cl)c(C(=O)O)c1. The Balaban J connectivity index is 0.000000671. The van der Waals surface area contributed by atoms with Crippen LogP contribution in [0.4, 0.5) is 0 Å². The van der Waals surface area contributed by atoms with E-state index in [0.717, 1.165) is 5.56 Å². The predicted octanol–water partition coefficient (Wildman–Crippen LogP) is 3.37. The van der Waals surface area contributed by atoms with Crippen molar-refractivity contribution in [1.29, 1.82) is 0 Å². The summed E-state index contributed by atoms with van der Waals surface area (Å²) in [6.45, 7) is 5.82. The van der Waals surface area contributed by atoms with Gasteiger partial charge in [0.1, 0.15) is 0 Å². The lowest BCUT2D eigenvalue weighted by molar-refractivity contribution is 0.0697. The minimum atomic E-state index is -0.987. The van der Waals surface area contributed by atoms with E-state index in [1.54, 1.807) is 18.2 Å². The molecule has 0 aliphatic rings. The highest BCUT2D eigenvalue weighted by molar-refractivity contribution is 6.33. The third-order valence-electron chi connectivity index (χ3n) is 1.35. The summed E-state index contributed by atoms with van der Waals surface area (Å²) in [6.07, 6.45) is 0. The molecule has 0 heterocycles. The fraction of sp³-hybridized carbons (Fsp3) is 0.300. The van der Waals surface area contributed by atoms with E-state index in [1.165, 1.54) is 0 Å². The van der Waals surface area contributed by atoms with Crippen LogP contribution in [0.15, 0.2) is 18.2 Å². The van der Waals surface area contributed by atoms with E-state index in [1.807, 2.05) is 20.8 Å². The molecule has 0 saturated heterocycles. The monoisotopic (exact) mass is 200 g/mol. The second-order valence-corrected chi connectivity index (χ2v) is 2.70. The van der Waals surface area contributed by atoms with E-state index in [2.05, 4.69) is 0 Å². The zero-order valence-electron chi connectivity index (χ0n) is 7.97. The third kappa shape index (κ3) is 3.47. The van der Waals surface area contributed by atoms with E-state index < -0.39 is 5.97 Å². The van der Waals surface area contributed by atoms with Gasteiger partial charge < -0.3 is 5.11 Å². The molecular formula is C10H13ClO2. The number of hydrogen-bond acceptors (Lipinski definition) is 1. The van der Waals surface area contributed by atoms with Crippen LogP contribution < -0.4 is 0 Å². The Bertz CT molecular complexity index is 295. The standard InChI is InChI=1S/C8H7ClO2.C2H6/c1-5-2-3-7(9)6(4-5)8(10)11;1-2/h2-4H,1H3,(H,10,11);1-2H3. The molecule has 0 aliphatic heterocycles. The van der Waals surface area contributed by atoms with Crippen LogP contribution in [0.5, 0.6) is 0 Å². The van der Waals surface area contributed by atoms with E-state index in [0.29, 0.717) is 0 Å². The largest absolute Gasteiger partial charge is 0.478 e. The quantitative estimate of drug-likeness (QED) is 0.755. The number of carbonyl (C=O) groups is 1. The van der Waals surface area contributed by atoms with Gasteiger partial charge in [-0.15, -0.1) is 0 Å². The highest BCUT2D eigenvalue weighted by Gasteiger charge is 2.06. The van der Waals surface area contributed by atoms with Crippen molar-refractivity contribution in [2.75, 3.05) is 0 Å². The van der Waals surface area contributed by atoms with Crippen molar-refractivity contribution in [3.05, 3.63) is 34.3 Å². The molecule has 13 heavy (non-hydrogen) atoms. The van der Waals surface area contributed by atoms with Crippen LogP contribution in [0.25, 0.3) is 0 Å². The first-order chi connectivity index (χ1) is 6.11. The number of carboxylic acids is 1. The average molecular weight is 201 g/mol. The first-order valence-electron chi connectivity index (χ1n) is 4.10. The Kier molecular flexibility index (Phi) is 5.16. The summed E-state index contributed by atoms with van der Waals surface area (Å²) < 4.78 is 0. The van der Waals surface area contributed by atoms with Crippen LogP contribution in [0.2, 0.25) is 5.02 Å².